The van der Waals surface area contributed by atoms with Crippen LogP contribution in [0.15, 0.2) is 91.4 Å². The van der Waals surface area contributed by atoms with Gasteiger partial charge in [0.1, 0.15) is 17.2 Å². The van der Waals surface area contributed by atoms with Crippen LogP contribution < -0.4 is 0 Å². The van der Waals surface area contributed by atoms with E-state index >= 15 is 0 Å². The van der Waals surface area contributed by atoms with Gasteiger partial charge in [0.05, 0.1) is 12.2 Å². The molecular weight excluding hydrogens is 410 g/mol. The number of aromatic nitrogens is 4. The number of pyridine rings is 1. The number of benzene rings is 2. The number of rotatable bonds is 6. The van der Waals surface area contributed by atoms with Gasteiger partial charge in [-0.25, -0.2) is 9.97 Å². The number of carbonyl (C=O) groups excluding carboxylic acids is 1. The molecule has 6 nitrogen and oxygen atoms in total. The Morgan fingerprint density at radius 1 is 0.879 bits per heavy atom. The summed E-state index contributed by atoms with van der Waals surface area (Å²) in [6.45, 7) is 2.76. The van der Waals surface area contributed by atoms with Crippen LogP contribution in [0.25, 0.3) is 16.8 Å². The van der Waals surface area contributed by atoms with Crippen LogP contribution in [0.3, 0.4) is 0 Å². The van der Waals surface area contributed by atoms with Crippen LogP contribution in [0.1, 0.15) is 27.6 Å². The first kappa shape index (κ1) is 20.7. The maximum atomic E-state index is 13.8. The number of nitrogens with zero attached hydrogens (tertiary/aromatic N) is 5. The van der Waals surface area contributed by atoms with E-state index in [1.807, 2.05) is 76.6 Å². The number of aryl methyl sites for hydroxylation is 2. The van der Waals surface area contributed by atoms with E-state index in [2.05, 4.69) is 46.4 Å². The molecule has 3 heterocycles. The second-order valence-electron chi connectivity index (χ2n) is 8.15. The van der Waals surface area contributed by atoms with Gasteiger partial charge in [0.2, 0.25) is 0 Å². The summed E-state index contributed by atoms with van der Waals surface area (Å²) >= 11 is 0. The van der Waals surface area contributed by atoms with Gasteiger partial charge in [0.25, 0.3) is 5.91 Å². The summed E-state index contributed by atoms with van der Waals surface area (Å²) in [5.41, 5.74) is 5.45. The second kappa shape index (κ2) is 8.74. The van der Waals surface area contributed by atoms with Crippen molar-refractivity contribution in [1.82, 2.24) is 23.8 Å². The summed E-state index contributed by atoms with van der Waals surface area (Å²) in [5, 5.41) is 0. The van der Waals surface area contributed by atoms with Crippen LogP contribution in [0.5, 0.6) is 0 Å². The van der Waals surface area contributed by atoms with Crippen molar-refractivity contribution < 1.29 is 4.79 Å². The fraction of sp³-hybridized carbons (Fsp3) is 0.148. The SMILES string of the molecule is Cc1nc2ccccn2c1C(=O)N(Cc1ccc(-c2ccccc2)cc1)Cc1nccn1C. The average molecular weight is 436 g/mol. The van der Waals surface area contributed by atoms with Crippen LogP contribution >= 0.6 is 0 Å². The molecule has 2 aromatic carbocycles. The van der Waals surface area contributed by atoms with Crippen molar-refractivity contribution in [2.24, 2.45) is 7.05 Å². The Balaban J connectivity index is 1.47. The Morgan fingerprint density at radius 3 is 2.33 bits per heavy atom. The summed E-state index contributed by atoms with van der Waals surface area (Å²) in [6, 6.07) is 24.4. The minimum Gasteiger partial charge on any atom is -0.337 e. The lowest BCUT2D eigenvalue weighted by molar-refractivity contribution is 0.0716. The van der Waals surface area contributed by atoms with Crippen LogP contribution in [0.2, 0.25) is 0 Å². The largest absolute Gasteiger partial charge is 0.337 e. The van der Waals surface area contributed by atoms with Gasteiger partial charge in [-0.05, 0) is 35.7 Å². The zero-order valence-corrected chi connectivity index (χ0v) is 18.7. The van der Waals surface area contributed by atoms with Gasteiger partial charge >= 0.3 is 0 Å². The first-order valence-electron chi connectivity index (χ1n) is 10.9. The van der Waals surface area contributed by atoms with Crippen molar-refractivity contribution in [1.29, 1.82) is 0 Å². The van der Waals surface area contributed by atoms with E-state index in [4.69, 9.17) is 0 Å². The topological polar surface area (TPSA) is 55.4 Å². The fourth-order valence-electron chi connectivity index (χ4n) is 4.09. The lowest BCUT2D eigenvalue weighted by Crippen LogP contribution is -2.32. The lowest BCUT2D eigenvalue weighted by Gasteiger charge is -2.23. The third-order valence-corrected chi connectivity index (χ3v) is 5.88. The van der Waals surface area contributed by atoms with Crippen molar-refractivity contribution >= 4 is 11.6 Å². The van der Waals surface area contributed by atoms with Gasteiger partial charge in [-0.2, -0.15) is 0 Å². The van der Waals surface area contributed by atoms with Crippen LogP contribution in [-0.4, -0.2) is 29.7 Å². The van der Waals surface area contributed by atoms with Crippen LogP contribution in [0.4, 0.5) is 0 Å². The van der Waals surface area contributed by atoms with E-state index in [0.29, 0.717) is 18.8 Å². The van der Waals surface area contributed by atoms with Crippen molar-refractivity contribution in [2.75, 3.05) is 0 Å². The van der Waals surface area contributed by atoms with E-state index in [0.717, 1.165) is 28.3 Å². The predicted molar refractivity (Wildman–Crippen MR) is 129 cm³/mol. The Bertz CT molecular complexity index is 1400. The Hall–Kier alpha value is -4.19. The number of hydrogen-bond donors (Lipinski definition) is 0. The van der Waals surface area contributed by atoms with Gasteiger partial charge in [-0.15, -0.1) is 0 Å². The van der Waals surface area contributed by atoms with Gasteiger partial charge in [0, 0.05) is 32.2 Å². The summed E-state index contributed by atoms with van der Waals surface area (Å²) in [7, 11) is 1.94. The van der Waals surface area contributed by atoms with E-state index < -0.39 is 0 Å². The van der Waals surface area contributed by atoms with Gasteiger partial charge in [-0.1, -0.05) is 60.7 Å². The highest BCUT2D eigenvalue weighted by Crippen LogP contribution is 2.22. The minimum atomic E-state index is -0.0682. The molecule has 0 radical (unpaired) electrons. The lowest BCUT2D eigenvalue weighted by atomic mass is 10.0. The third-order valence-electron chi connectivity index (χ3n) is 5.88. The van der Waals surface area contributed by atoms with Crippen molar-refractivity contribution in [3.63, 3.8) is 0 Å². The van der Waals surface area contributed by atoms with Gasteiger partial charge in [0.15, 0.2) is 0 Å². The molecule has 0 spiro atoms. The quantitative estimate of drug-likeness (QED) is 0.382. The van der Waals surface area contributed by atoms with Crippen LogP contribution in [0, 0.1) is 6.92 Å². The maximum Gasteiger partial charge on any atom is 0.273 e. The molecule has 33 heavy (non-hydrogen) atoms. The molecule has 0 atom stereocenters. The summed E-state index contributed by atoms with van der Waals surface area (Å²) < 4.78 is 3.81. The predicted octanol–water partition coefficient (Wildman–Crippen LogP) is 4.89. The van der Waals surface area contributed by atoms with Crippen molar-refractivity contribution in [3.05, 3.63) is 114 Å². The molecule has 0 N–H and O–H groups in total. The molecule has 3 aromatic heterocycles. The van der Waals surface area contributed by atoms with E-state index in [1.165, 1.54) is 5.56 Å². The Kier molecular flexibility index (Phi) is 5.48. The third kappa shape index (κ3) is 4.15. The number of fused-ring (bicyclic) bond motifs is 1. The summed E-state index contributed by atoms with van der Waals surface area (Å²) in [6.07, 6.45) is 5.54. The molecule has 1 amide bonds. The minimum absolute atomic E-state index is 0.0682. The molecule has 0 unspecified atom stereocenters. The normalized spacial score (nSPS) is 11.1. The molecular formula is C27H25N5O. The highest BCUT2D eigenvalue weighted by molar-refractivity contribution is 5.94. The van der Waals surface area contributed by atoms with Crippen LogP contribution in [-0.2, 0) is 20.1 Å². The van der Waals surface area contributed by atoms with Crippen molar-refractivity contribution in [3.8, 4) is 11.1 Å². The number of hydrogen-bond acceptors (Lipinski definition) is 3. The molecule has 0 saturated carbocycles. The first-order valence-corrected chi connectivity index (χ1v) is 10.9. The first-order chi connectivity index (χ1) is 16.1. The molecule has 164 valence electrons. The highest BCUT2D eigenvalue weighted by atomic mass is 16.2. The molecule has 5 aromatic rings. The maximum absolute atomic E-state index is 13.8. The molecule has 0 aliphatic carbocycles. The Labute approximate surface area is 192 Å². The molecule has 0 fully saturated rings. The van der Waals surface area contributed by atoms with Gasteiger partial charge < -0.3 is 9.47 Å². The number of amides is 1. The Morgan fingerprint density at radius 2 is 1.61 bits per heavy atom. The smallest absolute Gasteiger partial charge is 0.273 e. The standard InChI is InChI=1S/C27H25N5O/c1-20-26(32-16-7-6-10-24(32)29-20)27(33)31(19-25-28-15-17-30(25)2)18-21-11-13-23(14-12-21)22-8-4-3-5-9-22/h3-17H,18-19H2,1-2H3. The summed E-state index contributed by atoms with van der Waals surface area (Å²) in [5.74, 6) is 0.761. The van der Waals surface area contributed by atoms with Crippen molar-refractivity contribution in [2.45, 2.75) is 20.0 Å². The molecule has 0 aliphatic heterocycles. The van der Waals surface area contributed by atoms with Gasteiger partial charge in [-0.3, -0.25) is 9.20 Å². The second-order valence-corrected chi connectivity index (χ2v) is 8.15. The fourth-order valence-corrected chi connectivity index (χ4v) is 4.09. The molecule has 0 saturated heterocycles. The summed E-state index contributed by atoms with van der Waals surface area (Å²) in [4.78, 5) is 24.7. The van der Waals surface area contributed by atoms with E-state index in [9.17, 15) is 4.79 Å². The van der Waals surface area contributed by atoms with E-state index in [-0.39, 0.29) is 5.91 Å². The molecule has 0 aliphatic rings. The molecule has 5 rings (SSSR count). The number of imidazole rings is 2. The molecule has 0 bridgehead atoms. The average Bonchev–Trinajstić information content (AvgIpc) is 3.40. The monoisotopic (exact) mass is 435 g/mol. The highest BCUT2D eigenvalue weighted by Gasteiger charge is 2.24. The zero-order valence-electron chi connectivity index (χ0n) is 18.7. The number of carbonyl (C=O) groups is 1. The van der Waals surface area contributed by atoms with E-state index in [1.54, 1.807) is 6.20 Å². The zero-order chi connectivity index (χ0) is 22.8. The molecule has 6 heteroatoms.